The van der Waals surface area contributed by atoms with Gasteiger partial charge in [0, 0.05) is 12.1 Å². The Morgan fingerprint density at radius 3 is 2.58 bits per heavy atom. The predicted octanol–water partition coefficient (Wildman–Crippen LogP) is 3.71. The van der Waals surface area contributed by atoms with Crippen molar-refractivity contribution >= 4 is 44.8 Å². The van der Waals surface area contributed by atoms with Gasteiger partial charge in [0.15, 0.2) is 0 Å². The Balaban J connectivity index is 2.31. The number of carbonyl (C=O) groups is 1. The van der Waals surface area contributed by atoms with Crippen LogP contribution < -0.4 is 10.0 Å². The molecule has 8 heteroatoms. The molecule has 0 saturated carbocycles. The number of hydrogen-bond donors (Lipinski definition) is 2. The van der Waals surface area contributed by atoms with Crippen LogP contribution in [0.15, 0.2) is 60.0 Å². The third-order valence-corrected chi connectivity index (χ3v) is 5.19. The Morgan fingerprint density at radius 1 is 1.17 bits per heavy atom. The molecular formula is C16H14Cl2N2O3S. The first-order valence-electron chi connectivity index (χ1n) is 6.81. The second-order valence-electron chi connectivity index (χ2n) is 4.73. The van der Waals surface area contributed by atoms with Gasteiger partial charge >= 0.3 is 0 Å². The molecule has 0 radical (unpaired) electrons. The lowest BCUT2D eigenvalue weighted by Crippen LogP contribution is -2.23. The Hall–Kier alpha value is -2.02. The number of anilines is 1. The quantitative estimate of drug-likeness (QED) is 0.745. The summed E-state index contributed by atoms with van der Waals surface area (Å²) in [5.41, 5.74) is 0.377. The third-order valence-electron chi connectivity index (χ3n) is 3.01. The number of rotatable bonds is 6. The summed E-state index contributed by atoms with van der Waals surface area (Å²) < 4.78 is 27.3. The van der Waals surface area contributed by atoms with Crippen LogP contribution in [0.1, 0.15) is 10.4 Å². The summed E-state index contributed by atoms with van der Waals surface area (Å²) in [6.45, 7) is 3.79. The van der Waals surface area contributed by atoms with Gasteiger partial charge < -0.3 is 5.32 Å². The summed E-state index contributed by atoms with van der Waals surface area (Å²) in [5.74, 6) is -0.396. The maximum Gasteiger partial charge on any atom is 0.261 e. The minimum atomic E-state index is -3.92. The van der Waals surface area contributed by atoms with Crippen LogP contribution in [-0.2, 0) is 10.0 Å². The van der Waals surface area contributed by atoms with E-state index in [4.69, 9.17) is 23.2 Å². The van der Waals surface area contributed by atoms with Gasteiger partial charge in [0.2, 0.25) is 0 Å². The van der Waals surface area contributed by atoms with E-state index in [0.29, 0.717) is 0 Å². The first-order chi connectivity index (χ1) is 11.3. The highest BCUT2D eigenvalue weighted by Gasteiger charge is 2.18. The van der Waals surface area contributed by atoms with E-state index < -0.39 is 15.9 Å². The van der Waals surface area contributed by atoms with Crippen LogP contribution in [0.5, 0.6) is 0 Å². The maximum atomic E-state index is 12.5. The molecule has 2 rings (SSSR count). The van der Waals surface area contributed by atoms with Crippen LogP contribution in [0.4, 0.5) is 5.69 Å². The fourth-order valence-corrected chi connectivity index (χ4v) is 3.38. The number of amides is 1. The molecule has 2 aromatic carbocycles. The SMILES string of the molecule is C=CCNC(=O)c1cccc(S(=O)(=O)Nc2cccc(Cl)c2Cl)c1. The van der Waals surface area contributed by atoms with Crippen LogP contribution in [-0.4, -0.2) is 20.9 Å². The van der Waals surface area contributed by atoms with Crippen molar-refractivity contribution in [2.45, 2.75) is 4.90 Å². The van der Waals surface area contributed by atoms with Crippen molar-refractivity contribution in [1.82, 2.24) is 5.32 Å². The zero-order valence-corrected chi connectivity index (χ0v) is 14.8. The standard InChI is InChI=1S/C16H14Cl2N2O3S/c1-2-9-19-16(21)11-5-3-6-12(10-11)24(22,23)20-14-8-4-7-13(17)15(14)18/h2-8,10,20H,1,9H2,(H,19,21). The van der Waals surface area contributed by atoms with Crippen molar-refractivity contribution in [2.24, 2.45) is 0 Å². The Kier molecular flexibility index (Phi) is 5.88. The van der Waals surface area contributed by atoms with Gasteiger partial charge in [-0.3, -0.25) is 9.52 Å². The van der Waals surface area contributed by atoms with E-state index in [9.17, 15) is 13.2 Å². The summed E-state index contributed by atoms with van der Waals surface area (Å²) in [6, 6.07) is 10.3. The van der Waals surface area contributed by atoms with Crippen LogP contribution in [0.2, 0.25) is 10.0 Å². The van der Waals surface area contributed by atoms with Gasteiger partial charge in [0.05, 0.1) is 20.6 Å². The van der Waals surface area contributed by atoms with E-state index in [2.05, 4.69) is 16.6 Å². The maximum absolute atomic E-state index is 12.5. The summed E-state index contributed by atoms with van der Waals surface area (Å²) in [6.07, 6.45) is 1.53. The first-order valence-corrected chi connectivity index (χ1v) is 9.05. The van der Waals surface area contributed by atoms with Gasteiger partial charge in [-0.25, -0.2) is 8.42 Å². The largest absolute Gasteiger partial charge is 0.349 e. The molecule has 0 fully saturated rings. The molecule has 0 heterocycles. The van der Waals surface area contributed by atoms with Crippen molar-refractivity contribution in [3.8, 4) is 0 Å². The van der Waals surface area contributed by atoms with Crippen LogP contribution in [0, 0.1) is 0 Å². The molecule has 1 amide bonds. The molecule has 0 unspecified atom stereocenters. The lowest BCUT2D eigenvalue weighted by Gasteiger charge is -2.11. The first kappa shape index (κ1) is 18.3. The molecule has 5 nitrogen and oxygen atoms in total. The van der Waals surface area contributed by atoms with Crippen LogP contribution >= 0.6 is 23.2 Å². The molecule has 2 N–H and O–H groups in total. The second kappa shape index (κ2) is 7.70. The van der Waals surface area contributed by atoms with Gasteiger partial charge in [-0.15, -0.1) is 6.58 Å². The molecule has 24 heavy (non-hydrogen) atoms. The van der Waals surface area contributed by atoms with Crippen molar-refractivity contribution in [2.75, 3.05) is 11.3 Å². The predicted molar refractivity (Wildman–Crippen MR) is 96.2 cm³/mol. The average Bonchev–Trinajstić information content (AvgIpc) is 2.57. The van der Waals surface area contributed by atoms with Gasteiger partial charge in [-0.05, 0) is 30.3 Å². The smallest absolute Gasteiger partial charge is 0.261 e. The normalized spacial score (nSPS) is 10.9. The lowest BCUT2D eigenvalue weighted by atomic mass is 10.2. The molecule has 126 valence electrons. The Bertz CT molecular complexity index is 883. The number of carbonyl (C=O) groups excluding carboxylic acids is 1. The number of sulfonamides is 1. The highest BCUT2D eigenvalue weighted by Crippen LogP contribution is 2.31. The summed E-state index contributed by atoms with van der Waals surface area (Å²) in [7, 11) is -3.92. The molecule has 0 saturated heterocycles. The summed E-state index contributed by atoms with van der Waals surface area (Å²) >= 11 is 11.9. The van der Waals surface area contributed by atoms with E-state index in [1.165, 1.54) is 36.4 Å². The second-order valence-corrected chi connectivity index (χ2v) is 7.20. The van der Waals surface area contributed by atoms with E-state index in [1.54, 1.807) is 12.1 Å². The van der Waals surface area contributed by atoms with Crippen molar-refractivity contribution in [3.63, 3.8) is 0 Å². The number of nitrogens with one attached hydrogen (secondary N) is 2. The minimum Gasteiger partial charge on any atom is -0.349 e. The monoisotopic (exact) mass is 384 g/mol. The van der Waals surface area contributed by atoms with E-state index in [-0.39, 0.29) is 32.7 Å². The topological polar surface area (TPSA) is 75.3 Å². The molecular weight excluding hydrogens is 371 g/mol. The highest BCUT2D eigenvalue weighted by atomic mass is 35.5. The molecule has 2 aromatic rings. The van der Waals surface area contributed by atoms with Crippen molar-refractivity contribution < 1.29 is 13.2 Å². The van der Waals surface area contributed by atoms with E-state index in [1.807, 2.05) is 0 Å². The zero-order valence-electron chi connectivity index (χ0n) is 12.4. The summed E-state index contributed by atoms with van der Waals surface area (Å²) in [5, 5.41) is 2.91. The fourth-order valence-electron chi connectivity index (χ4n) is 1.86. The van der Waals surface area contributed by atoms with Crippen LogP contribution in [0.25, 0.3) is 0 Å². The van der Waals surface area contributed by atoms with E-state index >= 15 is 0 Å². The highest BCUT2D eigenvalue weighted by molar-refractivity contribution is 7.92. The van der Waals surface area contributed by atoms with Gasteiger partial charge in [-0.2, -0.15) is 0 Å². The Labute approximate surface area is 150 Å². The van der Waals surface area contributed by atoms with Gasteiger partial charge in [-0.1, -0.05) is 41.4 Å². The molecule has 0 aliphatic heterocycles. The average molecular weight is 385 g/mol. The van der Waals surface area contributed by atoms with E-state index in [0.717, 1.165) is 0 Å². The molecule has 0 aromatic heterocycles. The fraction of sp³-hybridized carbons (Fsp3) is 0.0625. The number of halogens is 2. The molecule has 0 spiro atoms. The lowest BCUT2D eigenvalue weighted by molar-refractivity contribution is 0.0958. The van der Waals surface area contributed by atoms with Crippen LogP contribution in [0.3, 0.4) is 0 Å². The minimum absolute atomic E-state index is 0.0650. The Morgan fingerprint density at radius 2 is 1.88 bits per heavy atom. The molecule has 0 bridgehead atoms. The summed E-state index contributed by atoms with van der Waals surface area (Å²) in [4.78, 5) is 11.9. The molecule has 0 aliphatic carbocycles. The van der Waals surface area contributed by atoms with Crippen molar-refractivity contribution in [3.05, 3.63) is 70.7 Å². The number of hydrogen-bond acceptors (Lipinski definition) is 3. The van der Waals surface area contributed by atoms with Gasteiger partial charge in [0.25, 0.3) is 15.9 Å². The molecule has 0 aliphatic rings. The third kappa shape index (κ3) is 4.29. The van der Waals surface area contributed by atoms with Crippen molar-refractivity contribution in [1.29, 1.82) is 0 Å². The van der Waals surface area contributed by atoms with Gasteiger partial charge in [0.1, 0.15) is 0 Å². The zero-order chi connectivity index (χ0) is 17.7. The number of benzene rings is 2. The molecule has 0 atom stereocenters.